The Morgan fingerprint density at radius 3 is 2.57 bits per heavy atom. The molecule has 1 amide bonds. The van der Waals surface area contributed by atoms with Crippen LogP contribution in [0.15, 0.2) is 65.7 Å². The van der Waals surface area contributed by atoms with E-state index in [1.54, 1.807) is 36.5 Å². The van der Waals surface area contributed by atoms with Crippen molar-refractivity contribution in [3.63, 3.8) is 0 Å². The first-order valence-electron chi connectivity index (χ1n) is 10.4. The van der Waals surface area contributed by atoms with Gasteiger partial charge >= 0.3 is 12.1 Å². The van der Waals surface area contributed by atoms with Crippen molar-refractivity contribution in [2.75, 3.05) is 9.62 Å². The van der Waals surface area contributed by atoms with Crippen molar-refractivity contribution in [3.8, 4) is 10.6 Å². The lowest BCUT2D eigenvalue weighted by molar-refractivity contribution is -0.170. The average Bonchev–Trinajstić information content (AvgIpc) is 3.38. The number of nitrogens with one attached hydrogen (secondary N) is 1. The van der Waals surface area contributed by atoms with Crippen LogP contribution >= 0.6 is 11.3 Å². The van der Waals surface area contributed by atoms with E-state index in [1.807, 2.05) is 6.07 Å². The fourth-order valence-electron chi connectivity index (χ4n) is 4.01. The van der Waals surface area contributed by atoms with Gasteiger partial charge in [0.25, 0.3) is 10.0 Å². The van der Waals surface area contributed by atoms with Crippen LogP contribution in [0.5, 0.6) is 0 Å². The Morgan fingerprint density at radius 2 is 1.89 bits per heavy atom. The van der Waals surface area contributed by atoms with Crippen LogP contribution in [0.4, 0.5) is 24.5 Å². The van der Waals surface area contributed by atoms with Gasteiger partial charge in [-0.3, -0.25) is 9.52 Å². The first kappa shape index (κ1) is 23.2. The summed E-state index contributed by atoms with van der Waals surface area (Å²) in [6.45, 7) is 1.49. The first-order valence-corrected chi connectivity index (χ1v) is 12.7. The molecule has 1 aliphatic heterocycles. The van der Waals surface area contributed by atoms with E-state index in [9.17, 15) is 26.4 Å². The first-order chi connectivity index (χ1) is 16.5. The number of anilines is 2. The van der Waals surface area contributed by atoms with Crippen molar-refractivity contribution in [2.24, 2.45) is 0 Å². The Morgan fingerprint density at radius 1 is 1.14 bits per heavy atom. The summed E-state index contributed by atoms with van der Waals surface area (Å²) in [5, 5.41) is 0.749. The number of benzene rings is 2. The van der Waals surface area contributed by atoms with E-state index in [4.69, 9.17) is 0 Å². The van der Waals surface area contributed by atoms with Gasteiger partial charge < -0.3 is 4.90 Å². The molecule has 4 aromatic rings. The summed E-state index contributed by atoms with van der Waals surface area (Å²) < 4.78 is 67.3. The number of carbonyl (C=O) groups excluding carboxylic acids is 1. The number of hydrogen-bond acceptors (Lipinski definition) is 6. The molecule has 35 heavy (non-hydrogen) atoms. The third kappa shape index (κ3) is 4.34. The highest BCUT2D eigenvalue weighted by Crippen LogP contribution is 2.37. The molecule has 1 atom stereocenters. The molecule has 2 aromatic carbocycles. The van der Waals surface area contributed by atoms with Crippen LogP contribution in [0.1, 0.15) is 12.5 Å². The zero-order valence-corrected chi connectivity index (χ0v) is 19.7. The van der Waals surface area contributed by atoms with E-state index < -0.39 is 28.1 Å². The molecular formula is C23H17F3N4O3S2. The van der Waals surface area contributed by atoms with Gasteiger partial charge in [0.15, 0.2) is 0 Å². The van der Waals surface area contributed by atoms with Gasteiger partial charge in [-0.05, 0) is 73.5 Å². The molecule has 0 aliphatic carbocycles. The van der Waals surface area contributed by atoms with Gasteiger partial charge in [-0.2, -0.15) is 13.2 Å². The van der Waals surface area contributed by atoms with E-state index in [0.717, 1.165) is 20.9 Å². The number of rotatable bonds is 4. The Bertz CT molecular complexity index is 1520. The fraction of sp³-hybridized carbons (Fsp3) is 0.174. The minimum absolute atomic E-state index is 0.0634. The summed E-state index contributed by atoms with van der Waals surface area (Å²) in [5.74, 6) is -1.97. The normalized spacial score (nSPS) is 15.9. The number of amides is 1. The number of halogens is 3. The predicted molar refractivity (Wildman–Crippen MR) is 127 cm³/mol. The predicted octanol–water partition coefficient (Wildman–Crippen LogP) is 5.00. The minimum Gasteiger partial charge on any atom is -0.301 e. The van der Waals surface area contributed by atoms with E-state index in [1.165, 1.54) is 36.5 Å². The van der Waals surface area contributed by atoms with Crippen molar-refractivity contribution >= 4 is 49.0 Å². The Kier molecular flexibility index (Phi) is 5.52. The van der Waals surface area contributed by atoms with Crippen LogP contribution in [0.3, 0.4) is 0 Å². The monoisotopic (exact) mass is 518 g/mol. The molecule has 0 saturated heterocycles. The quantitative estimate of drug-likeness (QED) is 0.411. The van der Waals surface area contributed by atoms with Crippen LogP contribution in [0.25, 0.3) is 20.9 Å². The van der Waals surface area contributed by atoms with E-state index in [2.05, 4.69) is 14.7 Å². The summed E-state index contributed by atoms with van der Waals surface area (Å²) >= 11 is 1.42. The summed E-state index contributed by atoms with van der Waals surface area (Å²) in [4.78, 5) is 22.0. The number of pyridine rings is 1. The van der Waals surface area contributed by atoms with Crippen molar-refractivity contribution in [1.82, 2.24) is 9.97 Å². The molecule has 12 heteroatoms. The lowest BCUT2D eigenvalue weighted by atomic mass is 10.1. The highest BCUT2D eigenvalue weighted by Gasteiger charge is 2.47. The maximum absolute atomic E-state index is 13.0. The van der Waals surface area contributed by atoms with Crippen molar-refractivity contribution < 1.29 is 26.4 Å². The van der Waals surface area contributed by atoms with Crippen LogP contribution in [0.2, 0.25) is 0 Å². The van der Waals surface area contributed by atoms with Crippen molar-refractivity contribution in [3.05, 3.63) is 66.4 Å². The van der Waals surface area contributed by atoms with Gasteiger partial charge in [-0.25, -0.2) is 18.4 Å². The van der Waals surface area contributed by atoms with E-state index in [0.29, 0.717) is 16.2 Å². The largest absolute Gasteiger partial charge is 0.471 e. The third-order valence-electron chi connectivity index (χ3n) is 5.59. The zero-order valence-electron chi connectivity index (χ0n) is 18.1. The second-order valence-electron chi connectivity index (χ2n) is 8.05. The molecule has 180 valence electrons. The molecule has 7 nitrogen and oxygen atoms in total. The number of aromatic nitrogens is 2. The molecule has 1 unspecified atom stereocenters. The van der Waals surface area contributed by atoms with Crippen LogP contribution in [-0.4, -0.2) is 36.5 Å². The SMILES string of the molecule is CC1Cc2cc(S(=O)(=O)Nc3ccc(-c4nc5cccnc5s4)cc3)ccc2N1C(=O)C(F)(F)F. The lowest BCUT2D eigenvalue weighted by Gasteiger charge is -2.23. The second kappa shape index (κ2) is 8.31. The zero-order chi connectivity index (χ0) is 25.0. The van der Waals surface area contributed by atoms with Crippen LogP contribution in [0, 0.1) is 0 Å². The number of fused-ring (bicyclic) bond motifs is 2. The summed E-state index contributed by atoms with van der Waals surface area (Å²) in [5.41, 5.74) is 2.32. The number of hydrogen-bond donors (Lipinski definition) is 1. The smallest absolute Gasteiger partial charge is 0.301 e. The molecule has 2 aromatic heterocycles. The number of sulfonamides is 1. The van der Waals surface area contributed by atoms with E-state index >= 15 is 0 Å². The average molecular weight is 519 g/mol. The number of carbonyl (C=O) groups is 1. The van der Waals surface area contributed by atoms with Gasteiger partial charge in [-0.1, -0.05) is 11.3 Å². The maximum Gasteiger partial charge on any atom is 0.471 e. The Balaban J connectivity index is 1.37. The molecule has 1 N–H and O–H groups in total. The summed E-state index contributed by atoms with van der Waals surface area (Å²) in [6.07, 6.45) is -3.21. The minimum atomic E-state index is -5.02. The fourth-order valence-corrected chi connectivity index (χ4v) is 6.03. The highest BCUT2D eigenvalue weighted by atomic mass is 32.2. The third-order valence-corrected chi connectivity index (χ3v) is 8.00. The molecule has 5 rings (SSSR count). The van der Waals surface area contributed by atoms with Gasteiger partial charge in [0.2, 0.25) is 0 Å². The summed E-state index contributed by atoms with van der Waals surface area (Å²) in [6, 6.07) is 13.3. The molecule has 0 radical (unpaired) electrons. The standard InChI is InChI=1S/C23H17F3N4O3S2/c1-13-11-15-12-17(8-9-19(15)30(13)22(31)23(24,25)26)35(32,33)29-16-6-4-14(5-7-16)20-28-18-3-2-10-27-21(18)34-20/h2-10,12-13,29H,11H2,1H3. The maximum atomic E-state index is 13.0. The molecule has 0 spiro atoms. The Hall–Kier alpha value is -3.51. The highest BCUT2D eigenvalue weighted by molar-refractivity contribution is 7.92. The molecule has 0 saturated carbocycles. The van der Waals surface area contributed by atoms with Gasteiger partial charge in [-0.15, -0.1) is 0 Å². The van der Waals surface area contributed by atoms with Crippen molar-refractivity contribution in [2.45, 2.75) is 30.5 Å². The van der Waals surface area contributed by atoms with Crippen LogP contribution < -0.4 is 9.62 Å². The summed E-state index contributed by atoms with van der Waals surface area (Å²) in [7, 11) is -4.02. The van der Waals surface area contributed by atoms with Gasteiger partial charge in [0, 0.05) is 29.2 Å². The molecule has 3 heterocycles. The molecule has 1 aliphatic rings. The molecular weight excluding hydrogens is 501 g/mol. The van der Waals surface area contributed by atoms with Gasteiger partial charge in [0.1, 0.15) is 15.4 Å². The number of alkyl halides is 3. The topological polar surface area (TPSA) is 92.3 Å². The van der Waals surface area contributed by atoms with Crippen LogP contribution in [-0.2, 0) is 21.2 Å². The lowest BCUT2D eigenvalue weighted by Crippen LogP contribution is -2.44. The van der Waals surface area contributed by atoms with E-state index in [-0.39, 0.29) is 17.0 Å². The van der Waals surface area contributed by atoms with Crippen molar-refractivity contribution in [1.29, 1.82) is 0 Å². The molecule has 0 fully saturated rings. The Labute approximate surface area is 202 Å². The van der Waals surface area contributed by atoms with Gasteiger partial charge in [0.05, 0.1) is 4.90 Å². The number of thiazole rings is 1. The number of nitrogens with zero attached hydrogens (tertiary/aromatic N) is 3. The second-order valence-corrected chi connectivity index (χ2v) is 10.7. The molecule has 0 bridgehead atoms.